The largest absolute Gasteiger partial charge is 0.462 e. The lowest BCUT2D eigenvalue weighted by Crippen LogP contribution is -2.33. The molecule has 3 heterocycles. The van der Waals surface area contributed by atoms with Gasteiger partial charge in [0.25, 0.3) is 8.18 Å². The van der Waals surface area contributed by atoms with E-state index >= 15 is 0 Å². The second-order valence-corrected chi connectivity index (χ2v) is 8.83. The second-order valence-electron chi connectivity index (χ2n) is 7.73. The summed E-state index contributed by atoms with van der Waals surface area (Å²) < 4.78 is 31.0. The Bertz CT molecular complexity index is 952. The van der Waals surface area contributed by atoms with Crippen LogP contribution in [0.2, 0.25) is 0 Å². The van der Waals surface area contributed by atoms with Crippen molar-refractivity contribution in [3.63, 3.8) is 0 Å². The molecule has 158 valence electrons. The number of anilines is 1. The van der Waals surface area contributed by atoms with Crippen LogP contribution in [0.15, 0.2) is 12.7 Å². The molecule has 1 saturated carbocycles. The topological polar surface area (TPSA) is 143 Å². The summed E-state index contributed by atoms with van der Waals surface area (Å²) in [4.78, 5) is 24.3. The van der Waals surface area contributed by atoms with E-state index in [9.17, 15) is 9.36 Å². The van der Waals surface area contributed by atoms with Crippen LogP contribution in [0.4, 0.5) is 5.82 Å². The van der Waals surface area contributed by atoms with Crippen molar-refractivity contribution >= 4 is 31.1 Å². The van der Waals surface area contributed by atoms with E-state index in [4.69, 9.17) is 19.7 Å². The van der Waals surface area contributed by atoms with Crippen LogP contribution >= 0.6 is 8.18 Å². The van der Waals surface area contributed by atoms with Gasteiger partial charge in [-0.25, -0.2) is 20.0 Å². The minimum atomic E-state index is -2.62. The highest BCUT2D eigenvalue weighted by atomic mass is 31.1. The molecule has 0 spiro atoms. The molecule has 3 unspecified atom stereocenters. The van der Waals surface area contributed by atoms with Crippen molar-refractivity contribution in [2.45, 2.75) is 58.3 Å². The Morgan fingerprint density at radius 1 is 1.34 bits per heavy atom. The third kappa shape index (κ3) is 3.75. The number of hydrogen-bond donors (Lipinski definition) is 2. The van der Waals surface area contributed by atoms with Crippen molar-refractivity contribution in [3.05, 3.63) is 12.7 Å². The summed E-state index contributed by atoms with van der Waals surface area (Å²) in [6.07, 6.45) is 2.10. The average Bonchev–Trinajstić information content (AvgIpc) is 2.98. The van der Waals surface area contributed by atoms with Crippen molar-refractivity contribution < 1.29 is 23.4 Å². The third-order valence-corrected chi connectivity index (χ3v) is 6.39. The number of nitrogen functional groups attached to an aromatic ring is 1. The molecule has 29 heavy (non-hydrogen) atoms. The first-order valence-electron chi connectivity index (χ1n) is 9.54. The first kappa shape index (κ1) is 20.2. The summed E-state index contributed by atoms with van der Waals surface area (Å²) in [6, 6.07) is -0.712. The maximum Gasteiger partial charge on any atom is 0.323 e. The van der Waals surface area contributed by atoms with E-state index < -0.39 is 20.2 Å². The van der Waals surface area contributed by atoms with Gasteiger partial charge in [-0.15, -0.1) is 0 Å². The minimum absolute atomic E-state index is 0.0942. The summed E-state index contributed by atoms with van der Waals surface area (Å²) >= 11 is 0. The zero-order valence-electron chi connectivity index (χ0n) is 16.6. The quantitative estimate of drug-likeness (QED) is 0.492. The number of ether oxygens (including phenoxy) is 2. The van der Waals surface area contributed by atoms with Gasteiger partial charge in [0.05, 0.1) is 24.6 Å². The molecule has 4 rings (SSSR count). The molecule has 1 aliphatic carbocycles. The lowest BCUT2D eigenvalue weighted by Gasteiger charge is -2.22. The van der Waals surface area contributed by atoms with Crippen LogP contribution in [0, 0.1) is 11.8 Å². The Kier molecular flexibility index (Phi) is 5.32. The van der Waals surface area contributed by atoms with Gasteiger partial charge >= 0.3 is 5.97 Å². The van der Waals surface area contributed by atoms with E-state index in [-0.39, 0.29) is 36.4 Å². The molecule has 2 aromatic heterocycles. The lowest BCUT2D eigenvalue weighted by atomic mass is 10.1. The maximum absolute atomic E-state index is 12.3. The number of nitrogens with two attached hydrogens (primary N) is 1. The van der Waals surface area contributed by atoms with Gasteiger partial charge in [0.2, 0.25) is 0 Å². The summed E-state index contributed by atoms with van der Waals surface area (Å²) in [5.74, 6) is 0.0541. The van der Waals surface area contributed by atoms with E-state index in [1.165, 1.54) is 6.33 Å². The molecule has 0 amide bonds. The number of nitrogens with zero attached hydrogens (tertiary/aromatic N) is 4. The van der Waals surface area contributed by atoms with Gasteiger partial charge in [-0.3, -0.25) is 13.9 Å². The molecule has 2 aliphatic rings. The van der Waals surface area contributed by atoms with Crippen molar-refractivity contribution in [1.29, 1.82) is 0 Å². The molecular formula is C17H25N6O5P. The highest BCUT2D eigenvalue weighted by molar-refractivity contribution is 7.36. The molecule has 0 aromatic carbocycles. The van der Waals surface area contributed by atoms with Gasteiger partial charge in [-0.2, -0.15) is 0 Å². The summed E-state index contributed by atoms with van der Waals surface area (Å²) in [5.41, 5.74) is 6.99. The van der Waals surface area contributed by atoms with Crippen LogP contribution in [0.25, 0.3) is 11.2 Å². The summed E-state index contributed by atoms with van der Waals surface area (Å²) in [5, 5.41) is 2.68. The van der Waals surface area contributed by atoms with E-state index in [2.05, 4.69) is 20.0 Å². The zero-order valence-corrected chi connectivity index (χ0v) is 17.6. The normalized spacial score (nSPS) is 30.3. The number of esters is 1. The molecule has 1 saturated heterocycles. The van der Waals surface area contributed by atoms with Crippen molar-refractivity contribution in [2.24, 2.45) is 11.8 Å². The molecule has 1 aliphatic heterocycles. The van der Waals surface area contributed by atoms with E-state index in [1.54, 1.807) is 27.1 Å². The average molecular weight is 424 g/mol. The van der Waals surface area contributed by atoms with Crippen molar-refractivity contribution in [3.8, 4) is 0 Å². The van der Waals surface area contributed by atoms with Crippen LogP contribution in [0.1, 0.15) is 33.9 Å². The number of fused-ring (bicyclic) bond motifs is 2. The standard InChI is InChI=1S/C17H25N6O5P/c1-7(2)26-17(24)9(4)22-29(25)28-13-10-8(3)16(27-12(10)13)23-6-21-11-14(18)19-5-20-15(11)23/h5-10,12-13,16,29H,1-4H3,(H,22,25)(H2,18,19,20)/t8-,9-,10?,12-,13?,16+/m0/s1. The minimum Gasteiger partial charge on any atom is -0.462 e. The number of carbonyl (C=O) groups excluding carboxylic acids is 1. The van der Waals surface area contributed by atoms with Crippen LogP contribution < -0.4 is 10.8 Å². The predicted molar refractivity (Wildman–Crippen MR) is 104 cm³/mol. The number of aromatic nitrogens is 4. The Morgan fingerprint density at radius 3 is 2.76 bits per heavy atom. The van der Waals surface area contributed by atoms with Gasteiger partial charge in [0.15, 0.2) is 11.5 Å². The first-order valence-corrected chi connectivity index (χ1v) is 10.9. The van der Waals surface area contributed by atoms with Crippen LogP contribution in [-0.2, 0) is 23.4 Å². The fourth-order valence-corrected chi connectivity index (χ4v) is 4.85. The number of nitrogens with one attached hydrogen (secondary N) is 1. The number of rotatable bonds is 7. The molecule has 12 heteroatoms. The maximum atomic E-state index is 12.3. The Balaban J connectivity index is 1.35. The van der Waals surface area contributed by atoms with E-state index in [0.717, 1.165) is 0 Å². The van der Waals surface area contributed by atoms with Crippen LogP contribution in [-0.4, -0.2) is 49.8 Å². The van der Waals surface area contributed by atoms with Gasteiger partial charge in [-0.05, 0) is 20.8 Å². The van der Waals surface area contributed by atoms with Crippen LogP contribution in [0.3, 0.4) is 0 Å². The Hall–Kier alpha value is -2.07. The highest BCUT2D eigenvalue weighted by Crippen LogP contribution is 2.57. The van der Waals surface area contributed by atoms with Crippen molar-refractivity contribution in [1.82, 2.24) is 24.6 Å². The van der Waals surface area contributed by atoms with Gasteiger partial charge in [0, 0.05) is 11.8 Å². The predicted octanol–water partition coefficient (Wildman–Crippen LogP) is 1.28. The fraction of sp³-hybridized carbons (Fsp3) is 0.647. The third-order valence-electron chi connectivity index (χ3n) is 5.24. The second kappa shape index (κ2) is 7.64. The summed E-state index contributed by atoms with van der Waals surface area (Å²) in [7, 11) is -2.62. The number of imidazole rings is 1. The van der Waals surface area contributed by atoms with E-state index in [0.29, 0.717) is 17.0 Å². The van der Waals surface area contributed by atoms with Crippen molar-refractivity contribution in [2.75, 3.05) is 5.73 Å². The Labute approximate surface area is 168 Å². The lowest BCUT2D eigenvalue weighted by molar-refractivity contribution is -0.149. The smallest absolute Gasteiger partial charge is 0.323 e. The molecule has 3 N–H and O–H groups in total. The van der Waals surface area contributed by atoms with E-state index in [1.807, 2.05) is 11.5 Å². The highest BCUT2D eigenvalue weighted by Gasteiger charge is 2.64. The fourth-order valence-electron chi connectivity index (χ4n) is 3.77. The molecule has 0 bridgehead atoms. The van der Waals surface area contributed by atoms with Gasteiger partial charge in [-0.1, -0.05) is 6.92 Å². The molecule has 2 fully saturated rings. The number of carbonyl (C=O) groups is 1. The SMILES string of the molecule is CC(C)OC(=O)[C@H](C)N[PH](=O)OC1C2[C@@H]1O[C@@H](n1cnc3c(N)ncnc31)[C@H]2C. The molecule has 0 radical (unpaired) electrons. The van der Waals surface area contributed by atoms with Crippen LogP contribution in [0.5, 0.6) is 0 Å². The van der Waals surface area contributed by atoms with Gasteiger partial charge in [0.1, 0.15) is 24.1 Å². The molecule has 11 nitrogen and oxygen atoms in total. The first-order chi connectivity index (χ1) is 13.8. The number of hydrogen-bond acceptors (Lipinski definition) is 9. The zero-order chi connectivity index (χ0) is 20.9. The molecular weight excluding hydrogens is 399 g/mol. The molecule has 2 aromatic rings. The monoisotopic (exact) mass is 424 g/mol. The van der Waals surface area contributed by atoms with Gasteiger partial charge < -0.3 is 19.7 Å². The Morgan fingerprint density at radius 2 is 2.10 bits per heavy atom. The molecule has 7 atom stereocenters. The summed E-state index contributed by atoms with van der Waals surface area (Å²) in [6.45, 7) is 7.16.